The summed E-state index contributed by atoms with van der Waals surface area (Å²) >= 11 is 1.61. The predicted octanol–water partition coefficient (Wildman–Crippen LogP) is 2.46. The molecule has 22 heavy (non-hydrogen) atoms. The first-order chi connectivity index (χ1) is 10.6. The van der Waals surface area contributed by atoms with Crippen LogP contribution in [0.5, 0.6) is 0 Å². The number of amides is 1. The van der Waals surface area contributed by atoms with Crippen LogP contribution in [0, 0.1) is 6.92 Å². The SMILES string of the molecule is Cc1oc(-c2ccsc2)nc1CC(=O)N(C)C1CCNCC1. The third-order valence-electron chi connectivity index (χ3n) is 4.23. The predicted molar refractivity (Wildman–Crippen MR) is 86.9 cm³/mol. The van der Waals surface area contributed by atoms with Crippen molar-refractivity contribution in [3.63, 3.8) is 0 Å². The molecule has 0 saturated carbocycles. The van der Waals surface area contributed by atoms with Crippen molar-refractivity contribution in [1.82, 2.24) is 15.2 Å². The van der Waals surface area contributed by atoms with E-state index < -0.39 is 0 Å². The van der Waals surface area contributed by atoms with Crippen LogP contribution in [0.1, 0.15) is 24.3 Å². The standard InChI is InChI=1S/C16H21N3O2S/c1-11-14(18-16(21-11)12-5-8-22-10-12)9-15(20)19(2)13-3-6-17-7-4-13/h5,8,10,13,17H,3-4,6-7,9H2,1-2H3. The molecule has 0 aliphatic carbocycles. The molecule has 1 fully saturated rings. The van der Waals surface area contributed by atoms with Gasteiger partial charge in [0, 0.05) is 24.0 Å². The highest BCUT2D eigenvalue weighted by Crippen LogP contribution is 2.24. The second-order valence-electron chi connectivity index (χ2n) is 5.70. The lowest BCUT2D eigenvalue weighted by Gasteiger charge is -2.31. The molecule has 2 aromatic rings. The number of aryl methyl sites for hydroxylation is 1. The highest BCUT2D eigenvalue weighted by atomic mass is 32.1. The lowest BCUT2D eigenvalue weighted by Crippen LogP contribution is -2.44. The molecular weight excluding hydrogens is 298 g/mol. The fourth-order valence-corrected chi connectivity index (χ4v) is 3.40. The van der Waals surface area contributed by atoms with Gasteiger partial charge in [0.15, 0.2) is 0 Å². The molecule has 118 valence electrons. The maximum atomic E-state index is 12.5. The number of rotatable bonds is 4. The lowest BCUT2D eigenvalue weighted by atomic mass is 10.0. The van der Waals surface area contributed by atoms with Crippen LogP contribution in [0.25, 0.3) is 11.5 Å². The molecule has 1 aliphatic rings. The number of hydrogen-bond donors (Lipinski definition) is 1. The average molecular weight is 319 g/mol. The summed E-state index contributed by atoms with van der Waals surface area (Å²) in [4.78, 5) is 18.9. The molecule has 0 aromatic carbocycles. The zero-order valence-electron chi connectivity index (χ0n) is 13.0. The van der Waals surface area contributed by atoms with Crippen LogP contribution in [0.2, 0.25) is 0 Å². The minimum Gasteiger partial charge on any atom is -0.441 e. The molecule has 0 bridgehead atoms. The number of carbonyl (C=O) groups is 1. The van der Waals surface area contributed by atoms with Crippen molar-refractivity contribution in [2.75, 3.05) is 20.1 Å². The minimum absolute atomic E-state index is 0.111. The summed E-state index contributed by atoms with van der Waals surface area (Å²) in [7, 11) is 1.90. The molecule has 1 saturated heterocycles. The average Bonchev–Trinajstić information content (AvgIpc) is 3.18. The zero-order chi connectivity index (χ0) is 15.5. The number of nitrogens with zero attached hydrogens (tertiary/aromatic N) is 2. The summed E-state index contributed by atoms with van der Waals surface area (Å²) in [5.41, 5.74) is 1.71. The Morgan fingerprint density at radius 1 is 1.50 bits per heavy atom. The number of oxazole rings is 1. The van der Waals surface area contributed by atoms with Crippen molar-refractivity contribution in [3.8, 4) is 11.5 Å². The first-order valence-corrected chi connectivity index (χ1v) is 8.54. The van der Waals surface area contributed by atoms with E-state index in [1.165, 1.54) is 0 Å². The van der Waals surface area contributed by atoms with Gasteiger partial charge in [0.05, 0.1) is 12.1 Å². The van der Waals surface area contributed by atoms with Gasteiger partial charge in [-0.3, -0.25) is 4.79 Å². The van der Waals surface area contributed by atoms with Crippen molar-refractivity contribution in [1.29, 1.82) is 0 Å². The van der Waals surface area contributed by atoms with E-state index in [4.69, 9.17) is 4.42 Å². The first kappa shape index (κ1) is 15.2. The number of hydrogen-bond acceptors (Lipinski definition) is 5. The van der Waals surface area contributed by atoms with Gasteiger partial charge in [0.2, 0.25) is 11.8 Å². The second-order valence-corrected chi connectivity index (χ2v) is 6.48. The molecule has 0 radical (unpaired) electrons. The van der Waals surface area contributed by atoms with Gasteiger partial charge >= 0.3 is 0 Å². The molecule has 0 unspecified atom stereocenters. The van der Waals surface area contributed by atoms with Gasteiger partial charge < -0.3 is 14.6 Å². The van der Waals surface area contributed by atoms with E-state index >= 15 is 0 Å². The minimum atomic E-state index is 0.111. The first-order valence-electron chi connectivity index (χ1n) is 7.60. The van der Waals surface area contributed by atoms with E-state index in [-0.39, 0.29) is 5.91 Å². The van der Waals surface area contributed by atoms with E-state index in [0.29, 0.717) is 18.4 Å². The monoisotopic (exact) mass is 319 g/mol. The van der Waals surface area contributed by atoms with Gasteiger partial charge in [-0.1, -0.05) is 0 Å². The molecule has 6 heteroatoms. The maximum Gasteiger partial charge on any atom is 0.228 e. The van der Waals surface area contributed by atoms with Crippen molar-refractivity contribution in [2.45, 2.75) is 32.2 Å². The third kappa shape index (κ3) is 3.23. The van der Waals surface area contributed by atoms with Crippen LogP contribution in [0.3, 0.4) is 0 Å². The summed E-state index contributed by atoms with van der Waals surface area (Å²) in [6, 6.07) is 2.31. The zero-order valence-corrected chi connectivity index (χ0v) is 13.8. The Morgan fingerprint density at radius 3 is 2.95 bits per heavy atom. The largest absolute Gasteiger partial charge is 0.441 e. The summed E-state index contributed by atoms with van der Waals surface area (Å²) in [5, 5.41) is 7.31. The molecule has 3 rings (SSSR count). The van der Waals surface area contributed by atoms with Gasteiger partial charge in [0.25, 0.3) is 0 Å². The maximum absolute atomic E-state index is 12.5. The van der Waals surface area contributed by atoms with Crippen LogP contribution in [0.4, 0.5) is 0 Å². The molecule has 0 atom stereocenters. The van der Waals surface area contributed by atoms with E-state index in [0.717, 1.165) is 42.9 Å². The van der Waals surface area contributed by atoms with Crippen LogP contribution in [-0.2, 0) is 11.2 Å². The summed E-state index contributed by atoms with van der Waals surface area (Å²) in [6.45, 7) is 3.83. The fourth-order valence-electron chi connectivity index (χ4n) is 2.77. The van der Waals surface area contributed by atoms with Gasteiger partial charge in [-0.2, -0.15) is 11.3 Å². The Labute approximate surface area is 134 Å². The molecule has 1 amide bonds. The Morgan fingerprint density at radius 2 is 2.27 bits per heavy atom. The highest BCUT2D eigenvalue weighted by molar-refractivity contribution is 7.08. The van der Waals surface area contributed by atoms with Gasteiger partial charge in [-0.05, 0) is 44.3 Å². The third-order valence-corrected chi connectivity index (χ3v) is 4.91. The van der Waals surface area contributed by atoms with Crippen LogP contribution in [-0.4, -0.2) is 42.0 Å². The smallest absolute Gasteiger partial charge is 0.228 e. The van der Waals surface area contributed by atoms with Crippen LogP contribution in [0.15, 0.2) is 21.2 Å². The molecule has 2 aromatic heterocycles. The fraction of sp³-hybridized carbons (Fsp3) is 0.500. The van der Waals surface area contributed by atoms with Crippen molar-refractivity contribution >= 4 is 17.2 Å². The molecular formula is C16H21N3O2S. The van der Waals surface area contributed by atoms with Crippen molar-refractivity contribution < 1.29 is 9.21 Å². The number of aromatic nitrogens is 1. The second kappa shape index (κ2) is 6.62. The summed E-state index contributed by atoms with van der Waals surface area (Å²) in [5.74, 6) is 1.44. The topological polar surface area (TPSA) is 58.4 Å². The highest BCUT2D eigenvalue weighted by Gasteiger charge is 2.23. The Kier molecular flexibility index (Phi) is 4.59. The molecule has 5 nitrogen and oxygen atoms in total. The van der Waals surface area contributed by atoms with E-state index in [2.05, 4.69) is 10.3 Å². The van der Waals surface area contributed by atoms with Gasteiger partial charge in [-0.15, -0.1) is 0 Å². The molecule has 1 N–H and O–H groups in total. The van der Waals surface area contributed by atoms with Crippen molar-refractivity contribution in [2.24, 2.45) is 0 Å². The van der Waals surface area contributed by atoms with Crippen LogP contribution >= 0.6 is 11.3 Å². The number of carbonyl (C=O) groups excluding carboxylic acids is 1. The lowest BCUT2D eigenvalue weighted by molar-refractivity contribution is -0.131. The quantitative estimate of drug-likeness (QED) is 0.940. The van der Waals surface area contributed by atoms with Crippen molar-refractivity contribution in [3.05, 3.63) is 28.3 Å². The summed E-state index contributed by atoms with van der Waals surface area (Å²) < 4.78 is 5.70. The Hall–Kier alpha value is -1.66. The van der Waals surface area contributed by atoms with Gasteiger partial charge in [-0.25, -0.2) is 4.98 Å². The Balaban J connectivity index is 1.68. The number of piperidine rings is 1. The van der Waals surface area contributed by atoms with E-state index in [1.54, 1.807) is 11.3 Å². The molecule has 1 aliphatic heterocycles. The van der Waals surface area contributed by atoms with Crippen LogP contribution < -0.4 is 5.32 Å². The number of likely N-dealkylation sites (N-methyl/N-ethyl adjacent to an activating group) is 1. The number of thiophene rings is 1. The van der Waals surface area contributed by atoms with E-state index in [1.807, 2.05) is 35.7 Å². The van der Waals surface area contributed by atoms with Gasteiger partial charge in [0.1, 0.15) is 5.76 Å². The Bertz CT molecular complexity index is 630. The number of nitrogens with one attached hydrogen (secondary N) is 1. The molecule has 3 heterocycles. The molecule has 0 spiro atoms. The normalized spacial score (nSPS) is 15.9. The summed E-state index contributed by atoms with van der Waals surface area (Å²) in [6.07, 6.45) is 2.33. The van der Waals surface area contributed by atoms with E-state index in [9.17, 15) is 4.79 Å².